The van der Waals surface area contributed by atoms with Gasteiger partial charge in [-0.1, -0.05) is 43.2 Å². The number of amides is 1. The molecule has 0 bridgehead atoms. The SMILES string of the molecule is CC(OC(=O)/C=C/c1ccc(S(=O)(=O)N2CCCCCC2)cc1)C(=O)Nc1ccc(Oc2ccccc2)cc1. The second-order valence-electron chi connectivity index (χ2n) is 9.23. The predicted octanol–water partition coefficient (Wildman–Crippen LogP) is 5.63. The van der Waals surface area contributed by atoms with Crippen molar-refractivity contribution < 1.29 is 27.5 Å². The Balaban J connectivity index is 1.26. The molecule has 1 aliphatic heterocycles. The zero-order chi connectivity index (χ0) is 27.7. The fourth-order valence-corrected chi connectivity index (χ4v) is 5.61. The summed E-state index contributed by atoms with van der Waals surface area (Å²) in [6.45, 7) is 2.56. The lowest BCUT2D eigenvalue weighted by molar-refractivity contribution is -0.148. The summed E-state index contributed by atoms with van der Waals surface area (Å²) in [7, 11) is -3.54. The van der Waals surface area contributed by atoms with Crippen LogP contribution in [0.15, 0.2) is 89.8 Å². The van der Waals surface area contributed by atoms with Crippen molar-refractivity contribution in [3.63, 3.8) is 0 Å². The Labute approximate surface area is 229 Å². The molecule has 3 aromatic carbocycles. The molecule has 0 radical (unpaired) electrons. The maximum atomic E-state index is 12.9. The summed E-state index contributed by atoms with van der Waals surface area (Å²) in [5.41, 5.74) is 1.17. The monoisotopic (exact) mass is 548 g/mol. The van der Waals surface area contributed by atoms with Gasteiger partial charge in [0.15, 0.2) is 6.10 Å². The molecule has 8 nitrogen and oxygen atoms in total. The van der Waals surface area contributed by atoms with E-state index in [4.69, 9.17) is 9.47 Å². The average molecular weight is 549 g/mol. The molecule has 3 aromatic rings. The van der Waals surface area contributed by atoms with E-state index >= 15 is 0 Å². The number of anilines is 1. The Morgan fingerprint density at radius 1 is 0.846 bits per heavy atom. The Morgan fingerprint density at radius 3 is 2.10 bits per heavy atom. The third kappa shape index (κ3) is 8.02. The molecule has 39 heavy (non-hydrogen) atoms. The van der Waals surface area contributed by atoms with E-state index < -0.39 is 28.0 Å². The summed E-state index contributed by atoms with van der Waals surface area (Å²) in [6, 6.07) is 22.5. The maximum Gasteiger partial charge on any atom is 0.331 e. The summed E-state index contributed by atoms with van der Waals surface area (Å²) < 4.78 is 38.3. The molecule has 1 unspecified atom stereocenters. The summed E-state index contributed by atoms with van der Waals surface area (Å²) in [4.78, 5) is 25.0. The van der Waals surface area contributed by atoms with Crippen molar-refractivity contribution in [1.29, 1.82) is 0 Å². The predicted molar refractivity (Wildman–Crippen MR) is 150 cm³/mol. The first-order valence-corrected chi connectivity index (χ1v) is 14.4. The van der Waals surface area contributed by atoms with Crippen molar-refractivity contribution in [2.24, 2.45) is 0 Å². The van der Waals surface area contributed by atoms with Crippen LogP contribution in [0.2, 0.25) is 0 Å². The first-order chi connectivity index (χ1) is 18.8. The van der Waals surface area contributed by atoms with Crippen molar-refractivity contribution in [1.82, 2.24) is 4.31 Å². The van der Waals surface area contributed by atoms with Gasteiger partial charge < -0.3 is 14.8 Å². The minimum atomic E-state index is -3.54. The molecule has 0 aliphatic carbocycles. The number of carbonyl (C=O) groups excluding carboxylic acids is 2. The first kappa shape index (κ1) is 28.1. The molecule has 0 saturated carbocycles. The highest BCUT2D eigenvalue weighted by Crippen LogP contribution is 2.23. The third-order valence-corrected chi connectivity index (χ3v) is 8.17. The van der Waals surface area contributed by atoms with Crippen LogP contribution in [0.4, 0.5) is 5.69 Å². The van der Waals surface area contributed by atoms with E-state index in [1.807, 2.05) is 30.3 Å². The second kappa shape index (κ2) is 13.2. The summed E-state index contributed by atoms with van der Waals surface area (Å²) in [6.07, 6.45) is 5.53. The molecule has 0 aromatic heterocycles. The van der Waals surface area contributed by atoms with Gasteiger partial charge in [-0.05, 0) is 79.9 Å². The van der Waals surface area contributed by atoms with E-state index in [1.54, 1.807) is 40.7 Å². The summed E-state index contributed by atoms with van der Waals surface area (Å²) >= 11 is 0. The van der Waals surface area contributed by atoms with E-state index in [2.05, 4.69) is 5.32 Å². The molecule has 9 heteroatoms. The lowest BCUT2D eigenvalue weighted by atomic mass is 10.2. The molecule has 1 heterocycles. The Kier molecular flexibility index (Phi) is 9.51. The van der Waals surface area contributed by atoms with Gasteiger partial charge in [-0.25, -0.2) is 13.2 Å². The van der Waals surface area contributed by atoms with Gasteiger partial charge >= 0.3 is 5.97 Å². The fraction of sp³-hybridized carbons (Fsp3) is 0.267. The highest BCUT2D eigenvalue weighted by atomic mass is 32.2. The molecule has 204 valence electrons. The van der Waals surface area contributed by atoms with E-state index in [0.717, 1.165) is 25.7 Å². The Bertz CT molecular complexity index is 1380. The second-order valence-corrected chi connectivity index (χ2v) is 11.2. The largest absolute Gasteiger partial charge is 0.457 e. The number of esters is 1. The van der Waals surface area contributed by atoms with Crippen molar-refractivity contribution in [2.75, 3.05) is 18.4 Å². The van der Waals surface area contributed by atoms with Crippen LogP contribution in [-0.2, 0) is 24.3 Å². The van der Waals surface area contributed by atoms with Crippen LogP contribution >= 0.6 is 0 Å². The maximum absolute atomic E-state index is 12.9. The van der Waals surface area contributed by atoms with Gasteiger partial charge in [0.1, 0.15) is 11.5 Å². The van der Waals surface area contributed by atoms with Gasteiger partial charge in [0.2, 0.25) is 10.0 Å². The van der Waals surface area contributed by atoms with Crippen LogP contribution in [0, 0.1) is 0 Å². The fourth-order valence-electron chi connectivity index (χ4n) is 4.09. The number of benzene rings is 3. The van der Waals surface area contributed by atoms with Crippen molar-refractivity contribution in [2.45, 2.75) is 43.6 Å². The van der Waals surface area contributed by atoms with Crippen LogP contribution in [0.5, 0.6) is 11.5 Å². The van der Waals surface area contributed by atoms with Gasteiger partial charge in [0.05, 0.1) is 4.90 Å². The average Bonchev–Trinajstić information content (AvgIpc) is 3.24. The topological polar surface area (TPSA) is 102 Å². The van der Waals surface area contributed by atoms with Gasteiger partial charge in [-0.2, -0.15) is 4.31 Å². The van der Waals surface area contributed by atoms with Gasteiger partial charge in [-0.3, -0.25) is 4.79 Å². The van der Waals surface area contributed by atoms with Gasteiger partial charge in [0.25, 0.3) is 5.91 Å². The Hall–Kier alpha value is -3.95. The number of rotatable bonds is 9. The van der Waals surface area contributed by atoms with Crippen LogP contribution in [0.25, 0.3) is 6.08 Å². The van der Waals surface area contributed by atoms with Crippen molar-refractivity contribution in [3.05, 3.63) is 90.5 Å². The van der Waals surface area contributed by atoms with E-state index in [-0.39, 0.29) is 4.90 Å². The highest BCUT2D eigenvalue weighted by molar-refractivity contribution is 7.89. The van der Waals surface area contributed by atoms with Gasteiger partial charge in [-0.15, -0.1) is 0 Å². The lowest BCUT2D eigenvalue weighted by Gasteiger charge is -2.19. The van der Waals surface area contributed by atoms with E-state index in [9.17, 15) is 18.0 Å². The molecule has 1 aliphatic rings. The number of para-hydroxylation sites is 1. The van der Waals surface area contributed by atoms with Crippen LogP contribution in [0.1, 0.15) is 38.2 Å². The number of ether oxygens (including phenoxy) is 2. The standard InChI is InChI=1S/C30H32N2O6S/c1-23(30(34)31-25-14-16-27(17-15-25)38-26-9-5-4-6-10-26)37-29(33)20-13-24-11-18-28(19-12-24)39(35,36)32-21-7-2-3-8-22-32/h4-6,9-20,23H,2-3,7-8,21-22H2,1H3,(H,31,34)/b20-13+. The highest BCUT2D eigenvalue weighted by Gasteiger charge is 2.24. The number of nitrogens with one attached hydrogen (secondary N) is 1. The third-order valence-electron chi connectivity index (χ3n) is 6.26. The minimum Gasteiger partial charge on any atom is -0.457 e. The number of nitrogens with zero attached hydrogens (tertiary/aromatic N) is 1. The molecule has 1 atom stereocenters. The van der Waals surface area contributed by atoms with Crippen molar-refractivity contribution in [3.8, 4) is 11.5 Å². The molecule has 1 saturated heterocycles. The minimum absolute atomic E-state index is 0.231. The van der Waals surface area contributed by atoms with E-state index in [1.165, 1.54) is 31.2 Å². The zero-order valence-electron chi connectivity index (χ0n) is 21.8. The van der Waals surface area contributed by atoms with Gasteiger partial charge in [0, 0.05) is 24.9 Å². The number of carbonyl (C=O) groups is 2. The lowest BCUT2D eigenvalue weighted by Crippen LogP contribution is -2.31. The van der Waals surface area contributed by atoms with Crippen LogP contribution in [0.3, 0.4) is 0 Å². The molecule has 1 amide bonds. The summed E-state index contributed by atoms with van der Waals surface area (Å²) in [5, 5.41) is 2.71. The molecule has 0 spiro atoms. The molecular weight excluding hydrogens is 516 g/mol. The number of sulfonamides is 1. The number of hydrogen-bond acceptors (Lipinski definition) is 6. The molecule has 1 fully saturated rings. The Morgan fingerprint density at radius 2 is 1.46 bits per heavy atom. The summed E-state index contributed by atoms with van der Waals surface area (Å²) in [5.74, 6) is 0.162. The molecule has 1 N–H and O–H groups in total. The van der Waals surface area contributed by atoms with Crippen LogP contribution in [-0.4, -0.2) is 43.8 Å². The van der Waals surface area contributed by atoms with E-state index in [0.29, 0.717) is 35.8 Å². The quantitative estimate of drug-likeness (QED) is 0.275. The molecule has 4 rings (SSSR count). The smallest absolute Gasteiger partial charge is 0.331 e. The first-order valence-electron chi connectivity index (χ1n) is 12.9. The number of hydrogen-bond donors (Lipinski definition) is 1. The normalized spacial score (nSPS) is 15.3. The van der Waals surface area contributed by atoms with Crippen LogP contribution < -0.4 is 10.1 Å². The zero-order valence-corrected chi connectivity index (χ0v) is 22.6. The van der Waals surface area contributed by atoms with Crippen molar-refractivity contribution >= 4 is 33.7 Å². The molecular formula is C30H32N2O6S.